The van der Waals surface area contributed by atoms with Gasteiger partial charge in [0.15, 0.2) is 0 Å². The molecular formula is C32H47N. The molecule has 1 aliphatic rings. The number of nitrogens with zero attached hydrogens (tertiary/aromatic N) is 1. The van der Waals surface area contributed by atoms with Crippen LogP contribution in [-0.2, 0) is 25.7 Å². The van der Waals surface area contributed by atoms with Crippen LogP contribution in [0.3, 0.4) is 0 Å². The van der Waals surface area contributed by atoms with Crippen molar-refractivity contribution in [3.63, 3.8) is 0 Å². The van der Waals surface area contributed by atoms with Gasteiger partial charge in [0.1, 0.15) is 0 Å². The van der Waals surface area contributed by atoms with E-state index < -0.39 is 0 Å². The Labute approximate surface area is 204 Å². The average molecular weight is 446 g/mol. The summed E-state index contributed by atoms with van der Waals surface area (Å²) in [5.74, 6) is 0.809. The molecule has 0 N–H and O–H groups in total. The van der Waals surface area contributed by atoms with E-state index in [-0.39, 0.29) is 5.92 Å². The van der Waals surface area contributed by atoms with Crippen LogP contribution in [0.5, 0.6) is 0 Å². The Balaban J connectivity index is 2.02. The monoisotopic (exact) mass is 445 g/mol. The van der Waals surface area contributed by atoms with Gasteiger partial charge in [-0.3, -0.25) is 0 Å². The first kappa shape index (κ1) is 27.2. The maximum atomic E-state index is 9.46. The minimum atomic E-state index is 0.210. The summed E-state index contributed by atoms with van der Waals surface area (Å²) < 4.78 is 0. The zero-order valence-corrected chi connectivity index (χ0v) is 22.1. The van der Waals surface area contributed by atoms with Crippen LogP contribution in [0.25, 0.3) is 0 Å². The van der Waals surface area contributed by atoms with Crippen LogP contribution in [0.2, 0.25) is 0 Å². The predicted molar refractivity (Wildman–Crippen MR) is 144 cm³/mol. The molecule has 1 aliphatic carbocycles. The van der Waals surface area contributed by atoms with Crippen molar-refractivity contribution >= 4 is 0 Å². The largest absolute Gasteiger partial charge is 0.198 e. The maximum Gasteiger partial charge on any atom is 0.0659 e. The lowest BCUT2D eigenvalue weighted by molar-refractivity contribution is 0.558. The van der Waals surface area contributed by atoms with Gasteiger partial charge in [-0.25, -0.2) is 0 Å². The van der Waals surface area contributed by atoms with E-state index in [1.165, 1.54) is 73.6 Å². The molecule has 0 saturated heterocycles. The van der Waals surface area contributed by atoms with Crippen LogP contribution in [-0.4, -0.2) is 0 Å². The Morgan fingerprint density at radius 3 is 2.48 bits per heavy atom. The fourth-order valence-corrected chi connectivity index (χ4v) is 5.15. The number of hydrogen-bond donors (Lipinski definition) is 0. The number of aryl methyl sites for hydroxylation is 2. The molecule has 0 spiro atoms. The highest BCUT2D eigenvalue weighted by molar-refractivity contribution is 5.43. The summed E-state index contributed by atoms with van der Waals surface area (Å²) in [7, 11) is 0. The molecule has 0 heterocycles. The molecule has 0 fully saturated rings. The summed E-state index contributed by atoms with van der Waals surface area (Å²) in [5.41, 5.74) is 9.20. The van der Waals surface area contributed by atoms with E-state index in [9.17, 15) is 5.26 Å². The number of nitriles is 1. The molecule has 0 aliphatic heterocycles. The fraction of sp³-hybridized carbons (Fsp3) is 0.594. The van der Waals surface area contributed by atoms with Crippen molar-refractivity contribution in [2.24, 2.45) is 11.8 Å². The van der Waals surface area contributed by atoms with Gasteiger partial charge in [-0.15, -0.1) is 0 Å². The first-order chi connectivity index (χ1) is 16.0. The normalized spacial score (nSPS) is 16.9. The Morgan fingerprint density at radius 2 is 1.82 bits per heavy atom. The highest BCUT2D eigenvalue weighted by Gasteiger charge is 2.22. The second-order valence-corrected chi connectivity index (χ2v) is 10.1. The van der Waals surface area contributed by atoms with E-state index in [1.807, 2.05) is 0 Å². The van der Waals surface area contributed by atoms with Crippen molar-refractivity contribution in [1.29, 1.82) is 5.26 Å². The van der Waals surface area contributed by atoms with Gasteiger partial charge >= 0.3 is 0 Å². The molecule has 1 unspecified atom stereocenters. The highest BCUT2D eigenvalue weighted by Crippen LogP contribution is 2.32. The molecule has 1 aromatic carbocycles. The third kappa shape index (κ3) is 8.66. The fourth-order valence-electron chi connectivity index (χ4n) is 5.15. The van der Waals surface area contributed by atoms with Gasteiger partial charge in [-0.2, -0.15) is 5.26 Å². The van der Waals surface area contributed by atoms with Gasteiger partial charge in [0.25, 0.3) is 0 Å². The quantitative estimate of drug-likeness (QED) is 0.219. The number of unbranched alkanes of at least 4 members (excludes halogenated alkanes) is 2. The number of benzene rings is 1. The molecule has 1 atom stereocenters. The summed E-state index contributed by atoms with van der Waals surface area (Å²) >= 11 is 0. The molecule has 2 rings (SSSR count). The van der Waals surface area contributed by atoms with Gasteiger partial charge in [0, 0.05) is 0 Å². The lowest BCUT2D eigenvalue weighted by Gasteiger charge is -2.25. The Morgan fingerprint density at radius 1 is 1.03 bits per heavy atom. The first-order valence-electron chi connectivity index (χ1n) is 13.6. The van der Waals surface area contributed by atoms with E-state index >= 15 is 0 Å². The summed E-state index contributed by atoms with van der Waals surface area (Å²) in [6.07, 6.45) is 23.2. The molecule has 1 aromatic rings. The molecule has 0 amide bonds. The maximum absolute atomic E-state index is 9.46. The van der Waals surface area contributed by atoms with Crippen LogP contribution >= 0.6 is 0 Å². The van der Waals surface area contributed by atoms with E-state index in [0.717, 1.165) is 25.7 Å². The van der Waals surface area contributed by atoms with Crippen molar-refractivity contribution in [3.8, 4) is 6.07 Å². The molecule has 0 aromatic heterocycles. The molecule has 0 bridgehead atoms. The Kier molecular flexibility index (Phi) is 12.3. The SMILES string of the molecule is C\C=C/C(CCCCCc1ccc2c(c1CCC)CC(C#N)CC2)=C(\C=C\C(C)C)CCC. The van der Waals surface area contributed by atoms with E-state index in [4.69, 9.17) is 0 Å². The topological polar surface area (TPSA) is 23.8 Å². The predicted octanol–water partition coefficient (Wildman–Crippen LogP) is 9.26. The van der Waals surface area contributed by atoms with Crippen molar-refractivity contribution < 1.29 is 0 Å². The number of hydrogen-bond acceptors (Lipinski definition) is 1. The molecule has 1 heteroatoms. The first-order valence-corrected chi connectivity index (χ1v) is 13.6. The molecule has 0 saturated carbocycles. The van der Waals surface area contributed by atoms with Gasteiger partial charge in [0.05, 0.1) is 12.0 Å². The van der Waals surface area contributed by atoms with Crippen molar-refractivity contribution in [2.75, 3.05) is 0 Å². The van der Waals surface area contributed by atoms with Crippen molar-refractivity contribution in [1.82, 2.24) is 0 Å². The van der Waals surface area contributed by atoms with E-state index in [0.29, 0.717) is 5.92 Å². The molecule has 33 heavy (non-hydrogen) atoms. The molecular weight excluding hydrogens is 398 g/mol. The third-order valence-corrected chi connectivity index (χ3v) is 6.89. The average Bonchev–Trinajstić information content (AvgIpc) is 2.81. The minimum absolute atomic E-state index is 0.210. The van der Waals surface area contributed by atoms with Crippen molar-refractivity contribution in [3.05, 3.63) is 69.8 Å². The Bertz CT molecular complexity index is 859. The zero-order valence-electron chi connectivity index (χ0n) is 22.1. The van der Waals surface area contributed by atoms with Crippen LogP contribution in [0.4, 0.5) is 0 Å². The van der Waals surface area contributed by atoms with E-state index in [2.05, 4.69) is 77.1 Å². The van der Waals surface area contributed by atoms with Gasteiger partial charge in [-0.05, 0) is 104 Å². The smallest absolute Gasteiger partial charge is 0.0659 e. The highest BCUT2D eigenvalue weighted by atomic mass is 14.3. The van der Waals surface area contributed by atoms with Gasteiger partial charge < -0.3 is 0 Å². The summed E-state index contributed by atoms with van der Waals surface area (Å²) in [6.45, 7) is 11.2. The van der Waals surface area contributed by atoms with Crippen LogP contribution in [0.1, 0.15) is 108 Å². The second-order valence-electron chi connectivity index (χ2n) is 10.1. The summed E-state index contributed by atoms with van der Waals surface area (Å²) in [6, 6.07) is 7.30. The lowest BCUT2D eigenvalue weighted by Crippen LogP contribution is -2.16. The van der Waals surface area contributed by atoms with E-state index in [1.54, 1.807) is 11.1 Å². The summed E-state index contributed by atoms with van der Waals surface area (Å²) in [5, 5.41) is 9.46. The van der Waals surface area contributed by atoms with Crippen molar-refractivity contribution in [2.45, 2.75) is 112 Å². The number of rotatable bonds is 13. The molecule has 1 nitrogen and oxygen atoms in total. The van der Waals surface area contributed by atoms with Gasteiger partial charge in [0.2, 0.25) is 0 Å². The Hall–Kier alpha value is -2.07. The zero-order chi connectivity index (χ0) is 24.1. The molecule has 0 radical (unpaired) electrons. The van der Waals surface area contributed by atoms with Gasteiger partial charge in [-0.1, -0.05) is 83.4 Å². The van der Waals surface area contributed by atoms with Crippen LogP contribution in [0.15, 0.2) is 47.6 Å². The minimum Gasteiger partial charge on any atom is -0.198 e. The second kappa shape index (κ2) is 15.0. The van der Waals surface area contributed by atoms with Crippen LogP contribution < -0.4 is 0 Å². The van der Waals surface area contributed by atoms with Crippen LogP contribution in [0, 0.1) is 23.2 Å². The lowest BCUT2D eigenvalue weighted by atomic mass is 9.79. The number of fused-ring (bicyclic) bond motifs is 1. The third-order valence-electron chi connectivity index (χ3n) is 6.89. The summed E-state index contributed by atoms with van der Waals surface area (Å²) in [4.78, 5) is 0. The molecule has 180 valence electrons. The standard InChI is InChI=1S/C32H47N/c1-6-12-27(28(13-7-2)19-17-25(4)5)15-10-9-11-16-29-21-22-30-20-18-26(24-33)23-32(30)31(29)14-8-3/h6,12,17,19,21-22,25-26H,7-11,13-16,18,20,23H2,1-5H3/b12-6-,19-17+,28-27+. The number of allylic oxidation sites excluding steroid dienone is 6.